The van der Waals surface area contributed by atoms with Crippen LogP contribution in [0.3, 0.4) is 0 Å². The van der Waals surface area contributed by atoms with Crippen LogP contribution in [0.2, 0.25) is 0 Å². The fraction of sp³-hybridized carbons (Fsp3) is 1.00. The molecule has 0 unspecified atom stereocenters. The summed E-state index contributed by atoms with van der Waals surface area (Å²) in [6.07, 6.45) is 3.67. The molecule has 0 aromatic rings. The molecule has 0 aromatic heterocycles. The highest BCUT2D eigenvalue weighted by molar-refractivity contribution is 4.61. The Hall–Kier alpha value is -0.120. The molecule has 0 spiro atoms. The summed E-state index contributed by atoms with van der Waals surface area (Å²) in [5.74, 6) is 0. The smallest absolute Gasteiger partial charge is 0.0143 e. The summed E-state index contributed by atoms with van der Waals surface area (Å²) in [5, 5.41) is 2.29. The Labute approximate surface area is 62.5 Å². The number of rotatable bonds is 4. The van der Waals surface area contributed by atoms with Gasteiger partial charge < -0.3 is 5.73 Å². The van der Waals surface area contributed by atoms with Gasteiger partial charge in [0.25, 0.3) is 0 Å². The van der Waals surface area contributed by atoms with Crippen LogP contribution in [0.15, 0.2) is 0 Å². The van der Waals surface area contributed by atoms with Gasteiger partial charge in [0.2, 0.25) is 0 Å². The fourth-order valence-electron chi connectivity index (χ4n) is 1.22. The van der Waals surface area contributed by atoms with E-state index in [0.29, 0.717) is 0 Å². The Bertz CT molecular complexity index is 78.9. The molecule has 1 aliphatic rings. The first-order valence-corrected chi connectivity index (χ1v) is 4.12. The number of unbranched alkanes of at least 4 members (excludes halogenated alkanes) is 1. The molecule has 0 amide bonds. The van der Waals surface area contributed by atoms with E-state index in [0.717, 1.165) is 26.1 Å². The highest BCUT2D eigenvalue weighted by Crippen LogP contribution is 1.97. The van der Waals surface area contributed by atoms with Crippen LogP contribution in [0, 0.1) is 0 Å². The first-order chi connectivity index (χ1) is 4.93. The van der Waals surface area contributed by atoms with E-state index in [9.17, 15) is 0 Å². The zero-order valence-electron chi connectivity index (χ0n) is 6.47. The second-order valence-electron chi connectivity index (χ2n) is 2.74. The average Bonchev–Trinajstić information content (AvgIpc) is 2.41. The molecule has 1 saturated heterocycles. The third-order valence-corrected chi connectivity index (χ3v) is 1.82. The summed E-state index contributed by atoms with van der Waals surface area (Å²) >= 11 is 0. The second-order valence-corrected chi connectivity index (χ2v) is 2.74. The minimum atomic E-state index is 0.827. The van der Waals surface area contributed by atoms with Crippen molar-refractivity contribution in [1.82, 2.24) is 10.4 Å². The Morgan fingerprint density at radius 3 is 2.90 bits per heavy atom. The van der Waals surface area contributed by atoms with E-state index in [1.54, 1.807) is 0 Å². The first-order valence-electron chi connectivity index (χ1n) is 4.12. The lowest BCUT2D eigenvalue weighted by atomic mass is 10.3. The van der Waals surface area contributed by atoms with Crippen molar-refractivity contribution in [3.05, 3.63) is 0 Å². The number of hydrogen-bond donors (Lipinski definition) is 2. The zero-order valence-corrected chi connectivity index (χ0v) is 6.47. The van der Waals surface area contributed by atoms with E-state index >= 15 is 0 Å². The maximum Gasteiger partial charge on any atom is 0.0143 e. The Morgan fingerprint density at radius 2 is 2.30 bits per heavy atom. The molecule has 0 aliphatic carbocycles. The second kappa shape index (κ2) is 4.66. The third-order valence-electron chi connectivity index (χ3n) is 1.82. The molecular weight excluding hydrogens is 126 g/mol. The monoisotopic (exact) mass is 143 g/mol. The number of nitrogens with one attached hydrogen (secondary N) is 1. The van der Waals surface area contributed by atoms with Gasteiger partial charge in [-0.3, -0.25) is 5.43 Å². The summed E-state index contributed by atoms with van der Waals surface area (Å²) in [7, 11) is 0. The fourth-order valence-corrected chi connectivity index (χ4v) is 1.22. The molecule has 0 aromatic carbocycles. The molecule has 0 bridgehead atoms. The molecule has 1 heterocycles. The SMILES string of the molecule is NCCCCN1CCCN1. The molecule has 0 radical (unpaired) electrons. The Balaban J connectivity index is 1.91. The van der Waals surface area contributed by atoms with E-state index in [1.165, 1.54) is 19.4 Å². The van der Waals surface area contributed by atoms with Crippen LogP contribution >= 0.6 is 0 Å². The van der Waals surface area contributed by atoms with Crippen molar-refractivity contribution in [2.45, 2.75) is 19.3 Å². The molecule has 60 valence electrons. The highest BCUT2D eigenvalue weighted by atomic mass is 15.5. The van der Waals surface area contributed by atoms with Crippen molar-refractivity contribution in [1.29, 1.82) is 0 Å². The van der Waals surface area contributed by atoms with E-state index in [4.69, 9.17) is 5.73 Å². The Morgan fingerprint density at radius 1 is 1.40 bits per heavy atom. The van der Waals surface area contributed by atoms with Gasteiger partial charge in [0, 0.05) is 19.6 Å². The molecule has 3 heteroatoms. The van der Waals surface area contributed by atoms with Crippen LogP contribution in [0.4, 0.5) is 0 Å². The predicted molar refractivity (Wildman–Crippen MR) is 42.5 cm³/mol. The van der Waals surface area contributed by atoms with Crippen molar-refractivity contribution in [2.24, 2.45) is 5.73 Å². The van der Waals surface area contributed by atoms with Crippen molar-refractivity contribution >= 4 is 0 Å². The first kappa shape index (κ1) is 7.98. The normalized spacial score (nSPS) is 20.1. The van der Waals surface area contributed by atoms with E-state index < -0.39 is 0 Å². The van der Waals surface area contributed by atoms with Crippen LogP contribution in [0.25, 0.3) is 0 Å². The highest BCUT2D eigenvalue weighted by Gasteiger charge is 2.08. The number of nitrogens with zero attached hydrogens (tertiary/aromatic N) is 1. The lowest BCUT2D eigenvalue weighted by Crippen LogP contribution is -2.31. The number of hydrazine groups is 1. The van der Waals surface area contributed by atoms with E-state index in [-0.39, 0.29) is 0 Å². The summed E-state index contributed by atoms with van der Waals surface area (Å²) in [4.78, 5) is 0. The summed E-state index contributed by atoms with van der Waals surface area (Å²) in [6.45, 7) is 4.36. The van der Waals surface area contributed by atoms with Gasteiger partial charge >= 0.3 is 0 Å². The standard InChI is InChI=1S/C7H17N3/c8-4-1-2-6-10-7-3-5-9-10/h9H,1-8H2. The summed E-state index contributed by atoms with van der Waals surface area (Å²) in [6, 6.07) is 0. The lowest BCUT2D eigenvalue weighted by molar-refractivity contribution is 0.249. The molecule has 1 fully saturated rings. The third kappa shape index (κ3) is 2.64. The lowest BCUT2D eigenvalue weighted by Gasteiger charge is -2.13. The maximum absolute atomic E-state index is 5.37. The van der Waals surface area contributed by atoms with Crippen LogP contribution in [0.1, 0.15) is 19.3 Å². The van der Waals surface area contributed by atoms with Gasteiger partial charge in [-0.25, -0.2) is 5.01 Å². The van der Waals surface area contributed by atoms with Crippen LogP contribution in [0.5, 0.6) is 0 Å². The molecule has 0 atom stereocenters. The number of nitrogens with two attached hydrogens (primary N) is 1. The Kier molecular flexibility index (Phi) is 3.72. The van der Waals surface area contributed by atoms with Crippen molar-refractivity contribution < 1.29 is 0 Å². The molecule has 3 N–H and O–H groups in total. The quantitative estimate of drug-likeness (QED) is 0.542. The molecule has 3 nitrogen and oxygen atoms in total. The van der Waals surface area contributed by atoms with Gasteiger partial charge in [-0.2, -0.15) is 0 Å². The van der Waals surface area contributed by atoms with Crippen LogP contribution < -0.4 is 11.2 Å². The average molecular weight is 143 g/mol. The van der Waals surface area contributed by atoms with Crippen LogP contribution in [-0.4, -0.2) is 31.2 Å². The van der Waals surface area contributed by atoms with Gasteiger partial charge in [0.15, 0.2) is 0 Å². The van der Waals surface area contributed by atoms with Crippen LogP contribution in [-0.2, 0) is 0 Å². The van der Waals surface area contributed by atoms with Crippen molar-refractivity contribution in [3.63, 3.8) is 0 Å². The summed E-state index contributed by atoms with van der Waals surface area (Å²) in [5.41, 5.74) is 8.68. The minimum absolute atomic E-state index is 0.827. The zero-order chi connectivity index (χ0) is 7.23. The predicted octanol–water partition coefficient (Wildman–Crippen LogP) is -0.0644. The maximum atomic E-state index is 5.37. The van der Waals surface area contributed by atoms with Gasteiger partial charge in [-0.15, -0.1) is 0 Å². The molecule has 1 rings (SSSR count). The largest absolute Gasteiger partial charge is 0.330 e. The van der Waals surface area contributed by atoms with Crippen molar-refractivity contribution in [2.75, 3.05) is 26.2 Å². The van der Waals surface area contributed by atoms with Crippen molar-refractivity contribution in [3.8, 4) is 0 Å². The molecule has 10 heavy (non-hydrogen) atoms. The topological polar surface area (TPSA) is 41.3 Å². The van der Waals surface area contributed by atoms with E-state index in [1.807, 2.05) is 0 Å². The van der Waals surface area contributed by atoms with Gasteiger partial charge in [-0.05, 0) is 25.8 Å². The van der Waals surface area contributed by atoms with E-state index in [2.05, 4.69) is 10.4 Å². The van der Waals surface area contributed by atoms with Gasteiger partial charge in [0.1, 0.15) is 0 Å². The number of hydrogen-bond acceptors (Lipinski definition) is 3. The molecule has 0 saturated carbocycles. The molecule has 1 aliphatic heterocycles. The van der Waals surface area contributed by atoms with Gasteiger partial charge in [-0.1, -0.05) is 0 Å². The minimum Gasteiger partial charge on any atom is -0.330 e. The van der Waals surface area contributed by atoms with Gasteiger partial charge in [0.05, 0.1) is 0 Å². The summed E-state index contributed by atoms with van der Waals surface area (Å²) < 4.78 is 0. The molecular formula is C7H17N3.